The van der Waals surface area contributed by atoms with Crippen LogP contribution in [-0.4, -0.2) is 24.0 Å². The van der Waals surface area contributed by atoms with Crippen LogP contribution < -0.4 is 16.1 Å². The van der Waals surface area contributed by atoms with E-state index in [0.717, 1.165) is 42.7 Å². The molecule has 1 fully saturated rings. The molecule has 4 rings (SSSR count). The summed E-state index contributed by atoms with van der Waals surface area (Å²) in [5.74, 6) is -0.382. The van der Waals surface area contributed by atoms with Gasteiger partial charge in [-0.3, -0.25) is 9.59 Å². The van der Waals surface area contributed by atoms with Gasteiger partial charge in [-0.05, 0) is 55.1 Å². The Kier molecular flexibility index (Phi) is 4.54. The molecule has 1 aromatic heterocycles. The number of piperidine rings is 1. The first-order chi connectivity index (χ1) is 13.1. The van der Waals surface area contributed by atoms with Crippen LogP contribution in [-0.2, 0) is 5.41 Å². The zero-order chi connectivity index (χ0) is 18.9. The van der Waals surface area contributed by atoms with Crippen molar-refractivity contribution in [3.63, 3.8) is 0 Å². The van der Waals surface area contributed by atoms with Crippen LogP contribution in [0.1, 0.15) is 35.7 Å². The lowest BCUT2D eigenvalue weighted by molar-refractivity contribution is 0.102. The second-order valence-corrected chi connectivity index (χ2v) is 7.39. The Bertz CT molecular complexity index is 1050. The van der Waals surface area contributed by atoms with Crippen molar-refractivity contribution in [2.24, 2.45) is 0 Å². The number of nitrogens with one attached hydrogen (secondary N) is 3. The van der Waals surface area contributed by atoms with Crippen molar-refractivity contribution < 1.29 is 4.79 Å². The Morgan fingerprint density at radius 1 is 1.04 bits per heavy atom. The van der Waals surface area contributed by atoms with Crippen LogP contribution in [0.3, 0.4) is 0 Å². The molecule has 1 amide bonds. The quantitative estimate of drug-likeness (QED) is 0.669. The number of carbonyl (C=O) groups excluding carboxylic acids is 1. The number of pyridine rings is 1. The van der Waals surface area contributed by atoms with Crippen molar-refractivity contribution in [3.05, 3.63) is 76.1 Å². The summed E-state index contributed by atoms with van der Waals surface area (Å²) in [7, 11) is 0. The van der Waals surface area contributed by atoms with Crippen LogP contribution in [0.25, 0.3) is 10.9 Å². The number of aromatic nitrogens is 1. The standard InChI is InChI=1S/C22H23N3O2/c1-22(10-12-23-13-11-22)17-7-3-5-9-19(17)25-21(27)16-14-24-18-8-4-2-6-15(18)20(16)26/h2-9,14,23H,10-13H2,1H3,(H,24,26)(H,25,27). The maximum atomic E-state index is 12.9. The third-order valence-electron chi connectivity index (χ3n) is 5.57. The highest BCUT2D eigenvalue weighted by molar-refractivity contribution is 6.06. The van der Waals surface area contributed by atoms with Gasteiger partial charge < -0.3 is 15.6 Å². The van der Waals surface area contributed by atoms with E-state index in [0.29, 0.717) is 5.39 Å². The zero-order valence-electron chi connectivity index (χ0n) is 15.3. The van der Waals surface area contributed by atoms with Gasteiger partial charge in [-0.25, -0.2) is 0 Å². The van der Waals surface area contributed by atoms with Gasteiger partial charge in [-0.2, -0.15) is 0 Å². The van der Waals surface area contributed by atoms with Crippen LogP contribution in [0, 0.1) is 0 Å². The van der Waals surface area contributed by atoms with Crippen molar-refractivity contribution in [1.82, 2.24) is 10.3 Å². The highest BCUT2D eigenvalue weighted by atomic mass is 16.2. The van der Waals surface area contributed by atoms with E-state index in [1.807, 2.05) is 30.3 Å². The number of benzene rings is 2. The van der Waals surface area contributed by atoms with Gasteiger partial charge in [0.1, 0.15) is 5.56 Å². The molecule has 0 saturated carbocycles. The molecule has 0 aliphatic carbocycles. The molecule has 2 aromatic carbocycles. The lowest BCUT2D eigenvalue weighted by atomic mass is 9.74. The summed E-state index contributed by atoms with van der Waals surface area (Å²) in [6, 6.07) is 15.1. The number of carbonyl (C=O) groups is 1. The molecule has 0 bridgehead atoms. The smallest absolute Gasteiger partial charge is 0.261 e. The van der Waals surface area contributed by atoms with Crippen LogP contribution in [0.4, 0.5) is 5.69 Å². The summed E-state index contributed by atoms with van der Waals surface area (Å²) in [5.41, 5.74) is 2.50. The first-order valence-corrected chi connectivity index (χ1v) is 9.30. The molecule has 1 aliphatic heterocycles. The third-order valence-corrected chi connectivity index (χ3v) is 5.57. The van der Waals surface area contributed by atoms with Gasteiger partial charge >= 0.3 is 0 Å². The van der Waals surface area contributed by atoms with E-state index in [9.17, 15) is 9.59 Å². The number of fused-ring (bicyclic) bond motifs is 1. The largest absolute Gasteiger partial charge is 0.360 e. The summed E-state index contributed by atoms with van der Waals surface area (Å²) in [6.07, 6.45) is 3.52. The van der Waals surface area contributed by atoms with E-state index in [2.05, 4.69) is 28.6 Å². The average Bonchev–Trinajstić information content (AvgIpc) is 2.69. The van der Waals surface area contributed by atoms with Gasteiger partial charge in [0.25, 0.3) is 5.91 Å². The number of aromatic amines is 1. The predicted octanol–water partition coefficient (Wildman–Crippen LogP) is 3.42. The van der Waals surface area contributed by atoms with Gasteiger partial charge in [0.15, 0.2) is 0 Å². The highest BCUT2D eigenvalue weighted by Gasteiger charge is 2.31. The van der Waals surface area contributed by atoms with E-state index >= 15 is 0 Å². The zero-order valence-corrected chi connectivity index (χ0v) is 15.3. The Balaban J connectivity index is 1.68. The Morgan fingerprint density at radius 2 is 1.74 bits per heavy atom. The summed E-state index contributed by atoms with van der Waals surface area (Å²) in [4.78, 5) is 28.6. The maximum Gasteiger partial charge on any atom is 0.261 e. The summed E-state index contributed by atoms with van der Waals surface area (Å²) >= 11 is 0. The van der Waals surface area contributed by atoms with Crippen molar-refractivity contribution in [3.8, 4) is 0 Å². The number of hydrogen-bond donors (Lipinski definition) is 3. The first-order valence-electron chi connectivity index (χ1n) is 9.30. The topological polar surface area (TPSA) is 74.0 Å². The number of hydrogen-bond acceptors (Lipinski definition) is 3. The number of H-pyrrole nitrogens is 1. The number of para-hydroxylation sites is 2. The molecular weight excluding hydrogens is 338 g/mol. The molecule has 0 radical (unpaired) electrons. The maximum absolute atomic E-state index is 12.9. The SMILES string of the molecule is CC1(c2ccccc2NC(=O)c2c[nH]c3ccccc3c2=O)CCNCC1. The molecule has 2 heterocycles. The van der Waals surface area contributed by atoms with Crippen LogP contribution in [0.5, 0.6) is 0 Å². The van der Waals surface area contributed by atoms with E-state index in [1.165, 1.54) is 6.20 Å². The third kappa shape index (κ3) is 3.26. The fourth-order valence-corrected chi connectivity index (χ4v) is 3.89. The van der Waals surface area contributed by atoms with E-state index in [-0.39, 0.29) is 22.3 Å². The lowest BCUT2D eigenvalue weighted by Gasteiger charge is -2.36. The molecule has 27 heavy (non-hydrogen) atoms. The Morgan fingerprint density at radius 3 is 2.56 bits per heavy atom. The lowest BCUT2D eigenvalue weighted by Crippen LogP contribution is -2.38. The van der Waals surface area contributed by atoms with E-state index in [4.69, 9.17) is 0 Å². The minimum Gasteiger partial charge on any atom is -0.360 e. The monoisotopic (exact) mass is 361 g/mol. The van der Waals surface area contributed by atoms with Gasteiger partial charge in [0, 0.05) is 22.8 Å². The molecule has 5 nitrogen and oxygen atoms in total. The minimum atomic E-state index is -0.382. The molecule has 1 saturated heterocycles. The molecule has 0 unspecified atom stereocenters. The normalized spacial score (nSPS) is 16.2. The Hall–Kier alpha value is -2.92. The van der Waals surface area contributed by atoms with Crippen LogP contribution in [0.2, 0.25) is 0 Å². The van der Waals surface area contributed by atoms with Gasteiger partial charge in [0.2, 0.25) is 5.43 Å². The molecule has 3 N–H and O–H groups in total. The Labute approximate surface area is 157 Å². The van der Waals surface area contributed by atoms with Crippen molar-refractivity contribution in [2.75, 3.05) is 18.4 Å². The fourth-order valence-electron chi connectivity index (χ4n) is 3.89. The van der Waals surface area contributed by atoms with E-state index in [1.54, 1.807) is 12.1 Å². The van der Waals surface area contributed by atoms with Crippen LogP contribution in [0.15, 0.2) is 59.5 Å². The number of amides is 1. The molecule has 1 aliphatic rings. The average molecular weight is 361 g/mol. The molecular formula is C22H23N3O2. The summed E-state index contributed by atoms with van der Waals surface area (Å²) < 4.78 is 0. The van der Waals surface area contributed by atoms with Crippen molar-refractivity contribution >= 4 is 22.5 Å². The molecule has 0 spiro atoms. The predicted molar refractivity (Wildman–Crippen MR) is 108 cm³/mol. The molecule has 5 heteroatoms. The van der Waals surface area contributed by atoms with Crippen molar-refractivity contribution in [1.29, 1.82) is 0 Å². The van der Waals surface area contributed by atoms with Gasteiger partial charge in [0.05, 0.1) is 0 Å². The van der Waals surface area contributed by atoms with Crippen molar-refractivity contribution in [2.45, 2.75) is 25.2 Å². The summed E-state index contributed by atoms with van der Waals surface area (Å²) in [6.45, 7) is 4.16. The highest BCUT2D eigenvalue weighted by Crippen LogP contribution is 2.37. The van der Waals surface area contributed by atoms with Gasteiger partial charge in [-0.15, -0.1) is 0 Å². The molecule has 138 valence electrons. The first kappa shape index (κ1) is 17.5. The number of anilines is 1. The fraction of sp³-hybridized carbons (Fsp3) is 0.273. The summed E-state index contributed by atoms with van der Waals surface area (Å²) in [5, 5.41) is 6.88. The second kappa shape index (κ2) is 7.00. The molecule has 3 aromatic rings. The second-order valence-electron chi connectivity index (χ2n) is 7.39. The van der Waals surface area contributed by atoms with Crippen LogP contribution >= 0.6 is 0 Å². The van der Waals surface area contributed by atoms with Gasteiger partial charge in [-0.1, -0.05) is 37.3 Å². The number of rotatable bonds is 3. The molecule has 0 atom stereocenters. The minimum absolute atomic E-state index is 0.00489. The van der Waals surface area contributed by atoms with E-state index < -0.39 is 0 Å².